The number of carbonyl (C=O) groups excluding carboxylic acids is 3. The van der Waals surface area contributed by atoms with Crippen LogP contribution in [0.3, 0.4) is 0 Å². The Kier molecular flexibility index (Phi) is 7.79. The van der Waals surface area contributed by atoms with E-state index >= 15 is 0 Å². The third kappa shape index (κ3) is 6.58. The molecule has 3 rings (SSSR count). The van der Waals surface area contributed by atoms with E-state index in [4.69, 9.17) is 0 Å². The normalized spacial score (nSPS) is 10.3. The molecule has 0 radical (unpaired) electrons. The molecular formula is C20H20N8O4. The number of hydroxylamine groups is 1. The van der Waals surface area contributed by atoms with E-state index in [0.717, 1.165) is 0 Å². The molecule has 0 atom stereocenters. The highest BCUT2D eigenvalue weighted by molar-refractivity contribution is 5.90. The summed E-state index contributed by atoms with van der Waals surface area (Å²) in [7, 11) is 0. The molecule has 0 unspecified atom stereocenters. The van der Waals surface area contributed by atoms with E-state index < -0.39 is 11.9 Å². The van der Waals surface area contributed by atoms with Gasteiger partial charge < -0.3 is 10.2 Å². The summed E-state index contributed by atoms with van der Waals surface area (Å²) in [4.78, 5) is 47.4. The van der Waals surface area contributed by atoms with Gasteiger partial charge in [-0.3, -0.25) is 19.6 Å². The predicted molar refractivity (Wildman–Crippen MR) is 111 cm³/mol. The highest BCUT2D eigenvalue weighted by atomic mass is 16.7. The van der Waals surface area contributed by atoms with E-state index in [-0.39, 0.29) is 37.4 Å². The van der Waals surface area contributed by atoms with Crippen molar-refractivity contribution in [2.45, 2.75) is 32.6 Å². The number of anilines is 1. The van der Waals surface area contributed by atoms with Crippen molar-refractivity contribution in [1.29, 1.82) is 0 Å². The molecule has 0 saturated heterocycles. The van der Waals surface area contributed by atoms with Crippen LogP contribution in [0.15, 0.2) is 42.7 Å². The fraction of sp³-hybridized carbons (Fsp3) is 0.250. The SMILES string of the molecule is CCC(=O)NOC(=O)CCCC(=O)Nc1ccc(-c2nnc(-c3ccccn3)nn2)nc1. The van der Waals surface area contributed by atoms with Gasteiger partial charge in [-0.1, -0.05) is 13.0 Å². The maximum absolute atomic E-state index is 12.0. The van der Waals surface area contributed by atoms with Gasteiger partial charge in [0.1, 0.15) is 11.4 Å². The lowest BCUT2D eigenvalue weighted by atomic mass is 10.2. The molecule has 0 spiro atoms. The average Bonchev–Trinajstić information content (AvgIpc) is 2.83. The van der Waals surface area contributed by atoms with Crippen LogP contribution in [-0.2, 0) is 19.2 Å². The number of nitrogens with zero attached hydrogens (tertiary/aromatic N) is 6. The van der Waals surface area contributed by atoms with Gasteiger partial charge in [0.15, 0.2) is 0 Å². The first-order chi connectivity index (χ1) is 15.5. The fourth-order valence-corrected chi connectivity index (χ4v) is 2.38. The molecule has 0 aromatic carbocycles. The van der Waals surface area contributed by atoms with Crippen molar-refractivity contribution in [3.05, 3.63) is 42.7 Å². The number of hydrogen-bond acceptors (Lipinski definition) is 10. The summed E-state index contributed by atoms with van der Waals surface area (Å²) in [6.07, 6.45) is 3.66. The summed E-state index contributed by atoms with van der Waals surface area (Å²) in [5.41, 5.74) is 3.49. The van der Waals surface area contributed by atoms with Crippen LogP contribution < -0.4 is 10.8 Å². The van der Waals surface area contributed by atoms with Crippen LogP contribution in [0, 0.1) is 0 Å². The molecule has 0 saturated carbocycles. The van der Waals surface area contributed by atoms with Crippen LogP contribution in [-0.4, -0.2) is 48.1 Å². The second kappa shape index (κ2) is 11.2. The van der Waals surface area contributed by atoms with E-state index in [0.29, 0.717) is 22.9 Å². The predicted octanol–water partition coefficient (Wildman–Crippen LogP) is 1.48. The molecule has 2 N–H and O–H groups in total. The minimum atomic E-state index is -0.609. The lowest BCUT2D eigenvalue weighted by Gasteiger charge is -2.06. The van der Waals surface area contributed by atoms with Crippen molar-refractivity contribution in [3.63, 3.8) is 0 Å². The number of amides is 2. The number of pyridine rings is 2. The summed E-state index contributed by atoms with van der Waals surface area (Å²) < 4.78 is 0. The van der Waals surface area contributed by atoms with Crippen LogP contribution >= 0.6 is 0 Å². The minimum absolute atomic E-state index is 0.000434. The van der Waals surface area contributed by atoms with Crippen molar-refractivity contribution in [1.82, 2.24) is 35.8 Å². The summed E-state index contributed by atoms with van der Waals surface area (Å²) in [5, 5.41) is 18.8. The molecule has 32 heavy (non-hydrogen) atoms. The monoisotopic (exact) mass is 436 g/mol. The molecule has 0 bridgehead atoms. The molecule has 0 aliphatic heterocycles. The molecule has 3 aromatic rings. The summed E-state index contributed by atoms with van der Waals surface area (Å²) in [5.74, 6) is -0.759. The zero-order chi connectivity index (χ0) is 22.8. The number of aromatic nitrogens is 6. The number of hydrogen-bond donors (Lipinski definition) is 2. The topological polar surface area (TPSA) is 162 Å². The first-order valence-corrected chi connectivity index (χ1v) is 9.78. The average molecular weight is 436 g/mol. The first-order valence-electron chi connectivity index (χ1n) is 9.78. The Morgan fingerprint density at radius 1 is 0.875 bits per heavy atom. The summed E-state index contributed by atoms with van der Waals surface area (Å²) in [6, 6.07) is 8.62. The van der Waals surface area contributed by atoms with E-state index in [9.17, 15) is 14.4 Å². The summed E-state index contributed by atoms with van der Waals surface area (Å²) in [6.45, 7) is 1.63. The van der Waals surface area contributed by atoms with E-state index in [1.165, 1.54) is 6.20 Å². The third-order valence-electron chi connectivity index (χ3n) is 4.03. The second-order valence-corrected chi connectivity index (χ2v) is 6.45. The van der Waals surface area contributed by atoms with Gasteiger partial charge in [0.2, 0.25) is 17.6 Å². The lowest BCUT2D eigenvalue weighted by molar-refractivity contribution is -0.158. The van der Waals surface area contributed by atoms with Gasteiger partial charge in [-0.25, -0.2) is 4.79 Å². The molecule has 12 nitrogen and oxygen atoms in total. The first kappa shape index (κ1) is 22.3. The van der Waals surface area contributed by atoms with Crippen LogP contribution in [0.25, 0.3) is 23.0 Å². The van der Waals surface area contributed by atoms with Crippen molar-refractivity contribution in [3.8, 4) is 23.0 Å². The number of rotatable bonds is 8. The van der Waals surface area contributed by atoms with Crippen LogP contribution in [0.5, 0.6) is 0 Å². The van der Waals surface area contributed by atoms with Crippen molar-refractivity contribution in [2.75, 3.05) is 5.32 Å². The van der Waals surface area contributed by atoms with Crippen molar-refractivity contribution in [2.24, 2.45) is 0 Å². The van der Waals surface area contributed by atoms with E-state index in [1.807, 2.05) is 11.5 Å². The molecular weight excluding hydrogens is 416 g/mol. The van der Waals surface area contributed by atoms with Gasteiger partial charge in [-0.05, 0) is 30.7 Å². The molecule has 3 aromatic heterocycles. The van der Waals surface area contributed by atoms with Gasteiger partial charge in [0, 0.05) is 25.5 Å². The molecule has 12 heteroatoms. The Balaban J connectivity index is 1.46. The van der Waals surface area contributed by atoms with Crippen LogP contribution in [0.1, 0.15) is 32.6 Å². The van der Waals surface area contributed by atoms with Crippen LogP contribution in [0.4, 0.5) is 5.69 Å². The zero-order valence-electron chi connectivity index (χ0n) is 17.2. The Bertz CT molecular complexity index is 1060. The zero-order valence-corrected chi connectivity index (χ0v) is 17.2. The minimum Gasteiger partial charge on any atom is -0.341 e. The van der Waals surface area contributed by atoms with Crippen molar-refractivity contribution < 1.29 is 19.2 Å². The Labute approximate surface area is 182 Å². The largest absolute Gasteiger partial charge is 0.341 e. The van der Waals surface area contributed by atoms with Crippen LogP contribution in [0.2, 0.25) is 0 Å². The Hall–Kier alpha value is -4.35. The van der Waals surface area contributed by atoms with Gasteiger partial charge in [-0.15, -0.1) is 20.4 Å². The molecule has 0 fully saturated rings. The molecule has 0 aliphatic carbocycles. The molecule has 164 valence electrons. The lowest BCUT2D eigenvalue weighted by Crippen LogP contribution is -2.26. The smallest absolute Gasteiger partial charge is 0.332 e. The molecule has 0 aliphatic rings. The third-order valence-corrected chi connectivity index (χ3v) is 4.03. The van der Waals surface area contributed by atoms with Gasteiger partial charge in [0.25, 0.3) is 5.91 Å². The number of nitrogens with one attached hydrogen (secondary N) is 2. The van der Waals surface area contributed by atoms with Gasteiger partial charge in [-0.2, -0.15) is 5.48 Å². The van der Waals surface area contributed by atoms with E-state index in [2.05, 4.69) is 40.5 Å². The van der Waals surface area contributed by atoms with Gasteiger partial charge >= 0.3 is 5.97 Å². The summed E-state index contributed by atoms with van der Waals surface area (Å²) >= 11 is 0. The quantitative estimate of drug-likeness (QED) is 0.495. The Morgan fingerprint density at radius 3 is 2.19 bits per heavy atom. The second-order valence-electron chi connectivity index (χ2n) is 6.45. The molecule has 2 amide bonds. The standard InChI is InChI=1S/C20H20N8O4/c1-2-16(29)28-32-18(31)8-5-7-17(30)23-13-9-10-15(22-12-13)20-26-24-19(25-27-20)14-6-3-4-11-21-14/h3-4,6,9-12H,2,5,7-8H2,1H3,(H,23,30)(H,28,29). The fourth-order valence-electron chi connectivity index (χ4n) is 2.38. The van der Waals surface area contributed by atoms with Crippen molar-refractivity contribution >= 4 is 23.5 Å². The van der Waals surface area contributed by atoms with Gasteiger partial charge in [0.05, 0.1) is 11.9 Å². The highest BCUT2D eigenvalue weighted by Crippen LogP contribution is 2.15. The number of carbonyl (C=O) groups is 3. The maximum Gasteiger partial charge on any atom is 0.332 e. The molecule has 3 heterocycles. The highest BCUT2D eigenvalue weighted by Gasteiger charge is 2.11. The van der Waals surface area contributed by atoms with E-state index in [1.54, 1.807) is 37.4 Å². The maximum atomic E-state index is 12.0. The Morgan fingerprint density at radius 2 is 1.59 bits per heavy atom.